The van der Waals surface area contributed by atoms with Gasteiger partial charge in [-0.25, -0.2) is 17.6 Å². The van der Waals surface area contributed by atoms with Crippen molar-refractivity contribution in [3.8, 4) is 0 Å². The van der Waals surface area contributed by atoms with Crippen LogP contribution >= 0.6 is 0 Å². The van der Waals surface area contributed by atoms with E-state index in [1.165, 1.54) is 22.2 Å². The number of hydrogen-bond donors (Lipinski definition) is 1. The molecule has 0 spiro atoms. The fourth-order valence-corrected chi connectivity index (χ4v) is 3.24. The molecule has 1 atom stereocenters. The lowest BCUT2D eigenvalue weighted by Crippen LogP contribution is -2.41. The number of benzene rings is 3. The molecule has 7 heteroatoms. The average Bonchev–Trinajstić information content (AvgIpc) is 3.07. The molecule has 0 bridgehead atoms. The summed E-state index contributed by atoms with van der Waals surface area (Å²) in [6, 6.07) is 15.4. The fraction of sp³-hybridized carbons (Fsp3) is 0.100. The van der Waals surface area contributed by atoms with Crippen LogP contribution in [0.15, 0.2) is 66.7 Å². The summed E-state index contributed by atoms with van der Waals surface area (Å²) in [5.41, 5.74) is 2.86. The second-order valence-corrected chi connectivity index (χ2v) is 6.15. The lowest BCUT2D eigenvalue weighted by molar-refractivity contribution is 0.545. The Morgan fingerprint density at radius 2 is 1.19 bits per heavy atom. The van der Waals surface area contributed by atoms with E-state index < -0.39 is 29.3 Å². The van der Waals surface area contributed by atoms with Crippen LogP contribution in [0.25, 0.3) is 0 Å². The Bertz CT molecular complexity index is 924. The van der Waals surface area contributed by atoms with Gasteiger partial charge in [-0.15, -0.1) is 5.53 Å². The topological polar surface area (TPSA) is 18.5 Å². The molecule has 0 amide bonds. The average molecular weight is 373 g/mol. The van der Waals surface area contributed by atoms with Crippen LogP contribution < -0.4 is 15.6 Å². The fourth-order valence-electron chi connectivity index (χ4n) is 3.24. The highest BCUT2D eigenvalue weighted by molar-refractivity contribution is 5.57. The number of hydrazine groups is 2. The summed E-state index contributed by atoms with van der Waals surface area (Å²) in [6.07, 6.45) is 0. The first-order valence-corrected chi connectivity index (χ1v) is 8.32. The van der Waals surface area contributed by atoms with Crippen LogP contribution in [0.2, 0.25) is 0 Å². The highest BCUT2D eigenvalue weighted by Gasteiger charge is 2.36. The molecule has 1 heterocycles. The van der Waals surface area contributed by atoms with Crippen LogP contribution in [-0.4, -0.2) is 6.54 Å². The Morgan fingerprint density at radius 1 is 0.667 bits per heavy atom. The van der Waals surface area contributed by atoms with E-state index in [2.05, 4.69) is 5.53 Å². The number of para-hydroxylation sites is 2. The summed E-state index contributed by atoms with van der Waals surface area (Å²) in [7, 11) is 0. The number of hydrogen-bond acceptors (Lipinski definition) is 3. The van der Waals surface area contributed by atoms with Crippen molar-refractivity contribution in [1.29, 1.82) is 0 Å². The van der Waals surface area contributed by atoms with E-state index in [1.807, 2.05) is 6.07 Å². The van der Waals surface area contributed by atoms with E-state index >= 15 is 0 Å². The van der Waals surface area contributed by atoms with Gasteiger partial charge in [0.15, 0.2) is 23.3 Å². The zero-order valence-electron chi connectivity index (χ0n) is 14.0. The Balaban J connectivity index is 1.81. The highest BCUT2D eigenvalue weighted by Crippen LogP contribution is 2.36. The van der Waals surface area contributed by atoms with Gasteiger partial charge in [0.25, 0.3) is 0 Å². The van der Waals surface area contributed by atoms with Crippen LogP contribution in [0.4, 0.5) is 28.9 Å². The molecule has 0 saturated carbocycles. The predicted molar refractivity (Wildman–Crippen MR) is 94.9 cm³/mol. The molecule has 1 unspecified atom stereocenters. The molecule has 1 aliphatic rings. The lowest BCUT2D eigenvalue weighted by Gasteiger charge is -2.26. The van der Waals surface area contributed by atoms with Gasteiger partial charge in [0.2, 0.25) is 0 Å². The van der Waals surface area contributed by atoms with Crippen molar-refractivity contribution in [2.24, 2.45) is 0 Å². The Hall–Kier alpha value is -3.06. The maximum Gasteiger partial charge on any atom is 0.150 e. The number of anilines is 2. The van der Waals surface area contributed by atoms with Crippen molar-refractivity contribution in [2.75, 3.05) is 16.6 Å². The zero-order chi connectivity index (χ0) is 19.0. The van der Waals surface area contributed by atoms with Crippen molar-refractivity contribution < 1.29 is 17.6 Å². The standard InChI is InChI=1S/C20H15F4N3/c21-14-8-4-9-15(22)19(14)26-12-18(13-6-2-1-3-7-13)27(25-26)20-16(23)10-5-11-17(20)24/h1-11,18,25H,12H2. The monoisotopic (exact) mass is 373 g/mol. The number of rotatable bonds is 3. The summed E-state index contributed by atoms with van der Waals surface area (Å²) < 4.78 is 57.2. The maximum atomic E-state index is 14.4. The van der Waals surface area contributed by atoms with Gasteiger partial charge in [-0.2, -0.15) is 0 Å². The molecule has 0 aliphatic carbocycles. The second-order valence-electron chi connectivity index (χ2n) is 6.15. The molecular formula is C20H15F4N3. The number of halogens is 4. The highest BCUT2D eigenvalue weighted by atomic mass is 19.1. The minimum absolute atomic E-state index is 0.0790. The van der Waals surface area contributed by atoms with Gasteiger partial charge >= 0.3 is 0 Å². The van der Waals surface area contributed by atoms with Crippen molar-refractivity contribution in [3.05, 3.63) is 95.6 Å². The quantitative estimate of drug-likeness (QED) is 0.670. The summed E-state index contributed by atoms with van der Waals surface area (Å²) in [5, 5.41) is 2.47. The van der Waals surface area contributed by atoms with Gasteiger partial charge in [-0.1, -0.05) is 42.5 Å². The van der Waals surface area contributed by atoms with Crippen molar-refractivity contribution in [3.63, 3.8) is 0 Å². The maximum absolute atomic E-state index is 14.4. The van der Waals surface area contributed by atoms with E-state index in [0.717, 1.165) is 29.8 Å². The van der Waals surface area contributed by atoms with Crippen molar-refractivity contribution >= 4 is 11.4 Å². The third-order valence-corrected chi connectivity index (χ3v) is 4.47. The molecule has 1 saturated heterocycles. The molecule has 1 N–H and O–H groups in total. The normalized spacial score (nSPS) is 16.8. The zero-order valence-corrected chi connectivity index (χ0v) is 14.0. The van der Waals surface area contributed by atoms with Crippen LogP contribution in [-0.2, 0) is 0 Å². The van der Waals surface area contributed by atoms with Gasteiger partial charge in [0.05, 0.1) is 12.6 Å². The van der Waals surface area contributed by atoms with Crippen LogP contribution in [0.5, 0.6) is 0 Å². The summed E-state index contributed by atoms with van der Waals surface area (Å²) >= 11 is 0. The van der Waals surface area contributed by atoms with Crippen LogP contribution in [0, 0.1) is 23.3 Å². The first-order valence-electron chi connectivity index (χ1n) is 8.32. The van der Waals surface area contributed by atoms with Gasteiger partial charge in [0.1, 0.15) is 11.4 Å². The van der Waals surface area contributed by atoms with Crippen LogP contribution in [0.3, 0.4) is 0 Å². The molecule has 27 heavy (non-hydrogen) atoms. The van der Waals surface area contributed by atoms with Crippen LogP contribution in [0.1, 0.15) is 11.6 Å². The molecule has 3 nitrogen and oxygen atoms in total. The van der Waals surface area contributed by atoms with Gasteiger partial charge in [0, 0.05) is 0 Å². The molecule has 4 rings (SSSR count). The Kier molecular flexibility index (Phi) is 4.45. The van der Waals surface area contributed by atoms with Crippen molar-refractivity contribution in [2.45, 2.75) is 6.04 Å². The lowest BCUT2D eigenvalue weighted by atomic mass is 10.1. The molecule has 1 fully saturated rings. The summed E-state index contributed by atoms with van der Waals surface area (Å²) in [4.78, 5) is 0. The molecule has 3 aromatic carbocycles. The van der Waals surface area contributed by atoms with E-state index in [1.54, 1.807) is 24.3 Å². The minimum atomic E-state index is -0.778. The number of nitrogens with one attached hydrogen (secondary N) is 1. The number of nitrogens with zero attached hydrogens (tertiary/aromatic N) is 2. The second kappa shape index (κ2) is 6.92. The Labute approximate surface area is 153 Å². The Morgan fingerprint density at radius 3 is 1.74 bits per heavy atom. The molecule has 0 radical (unpaired) electrons. The van der Waals surface area contributed by atoms with Crippen molar-refractivity contribution in [1.82, 2.24) is 5.53 Å². The van der Waals surface area contributed by atoms with E-state index in [0.29, 0.717) is 0 Å². The largest absolute Gasteiger partial charge is 0.282 e. The van der Waals surface area contributed by atoms with Gasteiger partial charge in [-0.05, 0) is 29.8 Å². The van der Waals surface area contributed by atoms with E-state index in [9.17, 15) is 17.6 Å². The minimum Gasteiger partial charge on any atom is -0.282 e. The third kappa shape index (κ3) is 3.10. The van der Waals surface area contributed by atoms with Gasteiger partial charge < -0.3 is 0 Å². The molecule has 1 aliphatic heterocycles. The van der Waals surface area contributed by atoms with Gasteiger partial charge in [-0.3, -0.25) is 10.0 Å². The predicted octanol–water partition coefficient (Wildman–Crippen LogP) is 4.73. The molecule has 0 aromatic heterocycles. The third-order valence-electron chi connectivity index (χ3n) is 4.47. The molecule has 3 aromatic rings. The first-order chi connectivity index (χ1) is 13.1. The molecule has 138 valence electrons. The SMILES string of the molecule is Fc1cccc(F)c1N1CC(c2ccccc2)N(c2c(F)cccc2F)N1. The van der Waals surface area contributed by atoms with E-state index in [4.69, 9.17) is 0 Å². The first kappa shape index (κ1) is 17.4. The summed E-state index contributed by atoms with van der Waals surface area (Å²) in [5.74, 6) is -3.10. The smallest absolute Gasteiger partial charge is 0.150 e. The summed E-state index contributed by atoms with van der Waals surface area (Å²) in [6.45, 7) is 0.0790. The van der Waals surface area contributed by atoms with E-state index in [-0.39, 0.29) is 17.9 Å². The molecular weight excluding hydrogens is 358 g/mol.